The first-order chi connectivity index (χ1) is 8.16. The lowest BCUT2D eigenvalue weighted by Gasteiger charge is -2.18. The fourth-order valence-corrected chi connectivity index (χ4v) is 2.03. The SMILES string of the molecule is CN(Cc1cscn1)C(=O)C1=NNC(=O)CC1. The molecular weight excluding hydrogens is 240 g/mol. The number of aromatic nitrogens is 1. The maximum Gasteiger partial charge on any atom is 0.270 e. The number of amides is 2. The fourth-order valence-electron chi connectivity index (χ4n) is 1.48. The van der Waals surface area contributed by atoms with Gasteiger partial charge in [-0.25, -0.2) is 10.4 Å². The van der Waals surface area contributed by atoms with Gasteiger partial charge in [0.05, 0.1) is 17.7 Å². The molecule has 0 saturated carbocycles. The number of rotatable bonds is 3. The van der Waals surface area contributed by atoms with E-state index in [1.807, 2.05) is 5.38 Å². The van der Waals surface area contributed by atoms with Gasteiger partial charge in [-0.1, -0.05) is 0 Å². The summed E-state index contributed by atoms with van der Waals surface area (Å²) in [7, 11) is 1.70. The number of nitrogens with zero attached hydrogens (tertiary/aromatic N) is 3. The standard InChI is InChI=1S/C10H12N4O2S/c1-14(4-7-5-17-6-11-7)10(16)8-2-3-9(15)13-12-8/h5-6H,2-4H2,1H3,(H,13,15). The second-order valence-electron chi connectivity index (χ2n) is 3.73. The number of nitrogens with one attached hydrogen (secondary N) is 1. The van der Waals surface area contributed by atoms with Crippen LogP contribution in [0.2, 0.25) is 0 Å². The van der Waals surface area contributed by atoms with Gasteiger partial charge in [-0.15, -0.1) is 11.3 Å². The first-order valence-electron chi connectivity index (χ1n) is 5.15. The zero-order valence-corrected chi connectivity index (χ0v) is 10.2. The molecule has 1 aromatic heterocycles. The van der Waals surface area contributed by atoms with E-state index in [4.69, 9.17) is 0 Å². The maximum absolute atomic E-state index is 12.0. The summed E-state index contributed by atoms with van der Waals surface area (Å²) in [6.07, 6.45) is 0.710. The van der Waals surface area contributed by atoms with E-state index in [0.29, 0.717) is 25.1 Å². The molecule has 1 aliphatic rings. The highest BCUT2D eigenvalue weighted by Crippen LogP contribution is 2.07. The minimum Gasteiger partial charge on any atom is -0.335 e. The number of carbonyl (C=O) groups excluding carboxylic acids is 2. The summed E-state index contributed by atoms with van der Waals surface area (Å²) in [5, 5.41) is 5.67. The van der Waals surface area contributed by atoms with Crippen LogP contribution >= 0.6 is 11.3 Å². The molecule has 6 nitrogen and oxygen atoms in total. The molecule has 0 bridgehead atoms. The highest BCUT2D eigenvalue weighted by Gasteiger charge is 2.21. The third-order valence-corrected chi connectivity index (χ3v) is 3.02. The van der Waals surface area contributed by atoms with Crippen molar-refractivity contribution in [1.82, 2.24) is 15.3 Å². The van der Waals surface area contributed by atoms with Gasteiger partial charge < -0.3 is 4.90 Å². The van der Waals surface area contributed by atoms with Crippen LogP contribution in [0.25, 0.3) is 0 Å². The minimum atomic E-state index is -0.169. The zero-order chi connectivity index (χ0) is 12.3. The summed E-state index contributed by atoms with van der Waals surface area (Å²) in [5.41, 5.74) is 5.29. The normalized spacial score (nSPS) is 15.1. The summed E-state index contributed by atoms with van der Waals surface area (Å²) in [6, 6.07) is 0. The van der Waals surface area contributed by atoms with Gasteiger partial charge in [-0.3, -0.25) is 9.59 Å². The first-order valence-corrected chi connectivity index (χ1v) is 6.09. The first kappa shape index (κ1) is 11.7. The van der Waals surface area contributed by atoms with Crippen molar-refractivity contribution in [2.45, 2.75) is 19.4 Å². The second kappa shape index (κ2) is 5.05. The van der Waals surface area contributed by atoms with Crippen LogP contribution < -0.4 is 5.43 Å². The Hall–Kier alpha value is -1.76. The van der Waals surface area contributed by atoms with Crippen molar-refractivity contribution in [2.75, 3.05) is 7.05 Å². The predicted octanol–water partition coefficient (Wildman–Crippen LogP) is 0.367. The van der Waals surface area contributed by atoms with E-state index < -0.39 is 0 Å². The Bertz CT molecular complexity index is 455. The molecule has 2 heterocycles. The van der Waals surface area contributed by atoms with Crippen LogP contribution in [0.3, 0.4) is 0 Å². The van der Waals surface area contributed by atoms with Crippen LogP contribution in [0.1, 0.15) is 18.5 Å². The molecule has 0 unspecified atom stereocenters. The Kier molecular flexibility index (Phi) is 3.48. The molecule has 0 saturated heterocycles. The summed E-state index contributed by atoms with van der Waals surface area (Å²) in [5.74, 6) is -0.318. The van der Waals surface area contributed by atoms with E-state index in [1.165, 1.54) is 11.3 Å². The van der Waals surface area contributed by atoms with E-state index in [2.05, 4.69) is 15.5 Å². The van der Waals surface area contributed by atoms with Crippen LogP contribution in [0.4, 0.5) is 0 Å². The quantitative estimate of drug-likeness (QED) is 0.844. The van der Waals surface area contributed by atoms with Gasteiger partial charge >= 0.3 is 0 Å². The third-order valence-electron chi connectivity index (χ3n) is 2.38. The van der Waals surface area contributed by atoms with E-state index in [9.17, 15) is 9.59 Å². The molecule has 1 aromatic rings. The molecule has 0 spiro atoms. The largest absolute Gasteiger partial charge is 0.335 e. The lowest BCUT2D eigenvalue weighted by molar-refractivity contribution is -0.124. The molecule has 0 fully saturated rings. The van der Waals surface area contributed by atoms with Crippen LogP contribution in [0.15, 0.2) is 16.0 Å². The average Bonchev–Trinajstić information content (AvgIpc) is 2.82. The summed E-state index contributed by atoms with van der Waals surface area (Å²) >= 11 is 1.49. The molecule has 1 aliphatic heterocycles. The Labute approximate surface area is 102 Å². The summed E-state index contributed by atoms with van der Waals surface area (Å²) < 4.78 is 0. The van der Waals surface area contributed by atoms with E-state index in [0.717, 1.165) is 5.69 Å². The van der Waals surface area contributed by atoms with Crippen LogP contribution in [0.5, 0.6) is 0 Å². The second-order valence-corrected chi connectivity index (χ2v) is 4.45. The van der Waals surface area contributed by atoms with Gasteiger partial charge in [0.15, 0.2) is 0 Å². The summed E-state index contributed by atoms with van der Waals surface area (Å²) in [4.78, 5) is 28.5. The predicted molar refractivity (Wildman–Crippen MR) is 63.4 cm³/mol. The van der Waals surface area contributed by atoms with Gasteiger partial charge in [0.2, 0.25) is 5.91 Å². The van der Waals surface area contributed by atoms with Crippen molar-refractivity contribution in [2.24, 2.45) is 5.10 Å². The smallest absolute Gasteiger partial charge is 0.270 e. The summed E-state index contributed by atoms with van der Waals surface area (Å²) in [6.45, 7) is 0.454. The van der Waals surface area contributed by atoms with Gasteiger partial charge in [-0.2, -0.15) is 5.10 Å². The minimum absolute atomic E-state index is 0.149. The number of hydrogen-bond acceptors (Lipinski definition) is 5. The van der Waals surface area contributed by atoms with Crippen molar-refractivity contribution >= 4 is 28.9 Å². The number of carbonyl (C=O) groups is 2. The lowest BCUT2D eigenvalue weighted by atomic mass is 10.1. The monoisotopic (exact) mass is 252 g/mol. The van der Waals surface area contributed by atoms with Crippen molar-refractivity contribution in [3.63, 3.8) is 0 Å². The molecule has 0 atom stereocenters. The molecule has 0 aliphatic carbocycles. The topological polar surface area (TPSA) is 74.7 Å². The van der Waals surface area contributed by atoms with Crippen LogP contribution in [-0.4, -0.2) is 34.5 Å². The molecule has 1 N–H and O–H groups in total. The van der Waals surface area contributed by atoms with E-state index in [1.54, 1.807) is 17.5 Å². The van der Waals surface area contributed by atoms with Crippen molar-refractivity contribution < 1.29 is 9.59 Å². The molecule has 17 heavy (non-hydrogen) atoms. The Morgan fingerprint density at radius 2 is 2.41 bits per heavy atom. The highest BCUT2D eigenvalue weighted by atomic mass is 32.1. The molecule has 2 rings (SSSR count). The average molecular weight is 252 g/mol. The highest BCUT2D eigenvalue weighted by molar-refractivity contribution is 7.07. The Morgan fingerprint density at radius 3 is 3.00 bits per heavy atom. The number of hydrazone groups is 1. The van der Waals surface area contributed by atoms with Gasteiger partial charge in [0, 0.05) is 25.3 Å². The van der Waals surface area contributed by atoms with Crippen molar-refractivity contribution in [3.05, 3.63) is 16.6 Å². The molecule has 0 aromatic carbocycles. The molecule has 2 amide bonds. The molecule has 7 heteroatoms. The Balaban J connectivity index is 1.97. The number of thiazole rings is 1. The van der Waals surface area contributed by atoms with Crippen LogP contribution in [0, 0.1) is 0 Å². The maximum atomic E-state index is 12.0. The molecule has 90 valence electrons. The number of hydrogen-bond donors (Lipinski definition) is 1. The van der Waals surface area contributed by atoms with Gasteiger partial charge in [-0.05, 0) is 0 Å². The molecule has 0 radical (unpaired) electrons. The zero-order valence-electron chi connectivity index (χ0n) is 9.34. The van der Waals surface area contributed by atoms with E-state index >= 15 is 0 Å². The van der Waals surface area contributed by atoms with Gasteiger partial charge in [0.1, 0.15) is 5.71 Å². The van der Waals surface area contributed by atoms with Crippen LogP contribution in [-0.2, 0) is 16.1 Å². The third kappa shape index (κ3) is 2.88. The van der Waals surface area contributed by atoms with E-state index in [-0.39, 0.29) is 11.8 Å². The fraction of sp³-hybridized carbons (Fsp3) is 0.400. The van der Waals surface area contributed by atoms with Crippen molar-refractivity contribution in [1.29, 1.82) is 0 Å². The Morgan fingerprint density at radius 1 is 1.59 bits per heavy atom. The van der Waals surface area contributed by atoms with Gasteiger partial charge in [0.25, 0.3) is 5.91 Å². The lowest BCUT2D eigenvalue weighted by Crippen LogP contribution is -2.37. The van der Waals surface area contributed by atoms with Crippen molar-refractivity contribution in [3.8, 4) is 0 Å². The molecular formula is C10H12N4O2S.